The summed E-state index contributed by atoms with van der Waals surface area (Å²) >= 11 is 0. The third kappa shape index (κ3) is 3.41. The van der Waals surface area contributed by atoms with Gasteiger partial charge in [-0.2, -0.15) is 0 Å². The molecule has 0 saturated heterocycles. The van der Waals surface area contributed by atoms with E-state index in [1.165, 1.54) is 27.7 Å². The van der Waals surface area contributed by atoms with Gasteiger partial charge in [-0.3, -0.25) is 4.79 Å². The summed E-state index contributed by atoms with van der Waals surface area (Å²) < 4.78 is 2.39. The van der Waals surface area contributed by atoms with Gasteiger partial charge < -0.3 is 9.88 Å². The van der Waals surface area contributed by atoms with Gasteiger partial charge in [0.05, 0.1) is 6.42 Å². The van der Waals surface area contributed by atoms with Crippen LogP contribution in [0, 0.1) is 11.8 Å². The van der Waals surface area contributed by atoms with Crippen molar-refractivity contribution in [1.29, 1.82) is 0 Å². The van der Waals surface area contributed by atoms with Gasteiger partial charge in [0.15, 0.2) is 0 Å². The summed E-state index contributed by atoms with van der Waals surface area (Å²) in [5, 5.41) is 4.73. The van der Waals surface area contributed by atoms with Gasteiger partial charge in [-0.1, -0.05) is 39.0 Å². The number of allylic oxidation sites excluding steroid dienone is 1. The number of benzene rings is 1. The van der Waals surface area contributed by atoms with E-state index in [1.807, 2.05) is 12.1 Å². The number of carbonyl (C=O) groups excluding carboxylic acids is 1. The number of hydrogen-bond acceptors (Lipinski definition) is 2. The van der Waals surface area contributed by atoms with Crippen molar-refractivity contribution in [1.82, 2.24) is 9.88 Å². The Kier molecular flexibility index (Phi) is 5.40. The number of aldehydes is 1. The zero-order valence-electron chi connectivity index (χ0n) is 15.4. The molecule has 1 N–H and O–H groups in total. The summed E-state index contributed by atoms with van der Waals surface area (Å²) in [6.07, 6.45) is 7.74. The van der Waals surface area contributed by atoms with Crippen LogP contribution in [0.1, 0.15) is 54.4 Å². The molecular formula is C22H26N2O. The summed E-state index contributed by atoms with van der Waals surface area (Å²) in [5.41, 5.74) is 5.70. The number of aryl methyl sites for hydroxylation is 1. The third-order valence-electron chi connectivity index (χ3n) is 4.73. The molecule has 1 aliphatic rings. The van der Waals surface area contributed by atoms with Crippen LogP contribution in [-0.2, 0) is 19.4 Å². The Labute approximate surface area is 150 Å². The van der Waals surface area contributed by atoms with Crippen LogP contribution in [-0.4, -0.2) is 23.4 Å². The zero-order valence-corrected chi connectivity index (χ0v) is 15.4. The predicted molar refractivity (Wildman–Crippen MR) is 105 cm³/mol. The number of nitrogens with one attached hydrogen (secondary N) is 1. The SMILES string of the molecule is CCCc1c(C=O)ccc2c1c1c(n2CCNC(C)C)CC#CC=C1. The molecule has 2 aromatic rings. The minimum atomic E-state index is 0.470. The number of nitrogens with zero attached hydrogens (tertiary/aromatic N) is 1. The lowest BCUT2D eigenvalue weighted by Crippen LogP contribution is -2.27. The molecule has 1 heterocycles. The van der Waals surface area contributed by atoms with Gasteiger partial charge in [0.2, 0.25) is 0 Å². The molecule has 1 aromatic heterocycles. The zero-order chi connectivity index (χ0) is 17.8. The molecule has 0 saturated carbocycles. The summed E-state index contributed by atoms with van der Waals surface area (Å²) in [7, 11) is 0. The van der Waals surface area contributed by atoms with Crippen LogP contribution in [0.5, 0.6) is 0 Å². The van der Waals surface area contributed by atoms with Crippen molar-refractivity contribution in [2.45, 2.75) is 52.6 Å². The van der Waals surface area contributed by atoms with Crippen LogP contribution < -0.4 is 5.32 Å². The Balaban J connectivity index is 2.20. The molecule has 25 heavy (non-hydrogen) atoms. The highest BCUT2D eigenvalue weighted by atomic mass is 16.1. The third-order valence-corrected chi connectivity index (χ3v) is 4.73. The van der Waals surface area contributed by atoms with Crippen molar-refractivity contribution >= 4 is 23.3 Å². The molecule has 3 rings (SSSR count). The molecule has 0 radical (unpaired) electrons. The molecule has 0 bridgehead atoms. The van der Waals surface area contributed by atoms with Gasteiger partial charge in [-0.15, -0.1) is 0 Å². The highest BCUT2D eigenvalue weighted by Crippen LogP contribution is 2.33. The smallest absolute Gasteiger partial charge is 0.150 e. The molecule has 3 heteroatoms. The number of carbonyl (C=O) groups is 1. The molecule has 130 valence electrons. The molecule has 0 atom stereocenters. The molecule has 1 aliphatic carbocycles. The van der Waals surface area contributed by atoms with E-state index in [2.05, 4.69) is 54.6 Å². The van der Waals surface area contributed by atoms with E-state index in [4.69, 9.17) is 0 Å². The van der Waals surface area contributed by atoms with Crippen molar-refractivity contribution in [2.24, 2.45) is 0 Å². The van der Waals surface area contributed by atoms with Crippen LogP contribution >= 0.6 is 0 Å². The maximum Gasteiger partial charge on any atom is 0.150 e. The molecule has 0 spiro atoms. The Bertz CT molecular complexity index is 875. The Morgan fingerprint density at radius 2 is 2.20 bits per heavy atom. The minimum absolute atomic E-state index is 0.470. The van der Waals surface area contributed by atoms with Crippen molar-refractivity contribution in [3.8, 4) is 11.8 Å². The van der Waals surface area contributed by atoms with Crippen LogP contribution in [0.25, 0.3) is 17.0 Å². The van der Waals surface area contributed by atoms with Crippen LogP contribution in [0.4, 0.5) is 0 Å². The summed E-state index contributed by atoms with van der Waals surface area (Å²) in [5.74, 6) is 6.33. The largest absolute Gasteiger partial charge is 0.342 e. The van der Waals surface area contributed by atoms with E-state index in [-0.39, 0.29) is 0 Å². The van der Waals surface area contributed by atoms with Crippen LogP contribution in [0.15, 0.2) is 18.2 Å². The fraction of sp³-hybridized carbons (Fsp3) is 0.409. The first-order valence-corrected chi connectivity index (χ1v) is 9.17. The quantitative estimate of drug-likeness (QED) is 0.614. The van der Waals surface area contributed by atoms with E-state index in [9.17, 15) is 4.79 Å². The number of rotatable bonds is 7. The maximum atomic E-state index is 11.6. The number of hydrogen-bond donors (Lipinski definition) is 1. The summed E-state index contributed by atoms with van der Waals surface area (Å²) in [6.45, 7) is 8.32. The lowest BCUT2D eigenvalue weighted by molar-refractivity contribution is 0.112. The number of fused-ring (bicyclic) bond motifs is 3. The molecule has 3 nitrogen and oxygen atoms in total. The average molecular weight is 334 g/mol. The molecule has 1 aromatic carbocycles. The molecular weight excluding hydrogens is 308 g/mol. The summed E-state index contributed by atoms with van der Waals surface area (Å²) in [4.78, 5) is 11.6. The second kappa shape index (κ2) is 7.72. The van der Waals surface area contributed by atoms with E-state index in [1.54, 1.807) is 0 Å². The first kappa shape index (κ1) is 17.5. The Morgan fingerprint density at radius 3 is 2.92 bits per heavy atom. The lowest BCUT2D eigenvalue weighted by atomic mass is 9.96. The van der Waals surface area contributed by atoms with Crippen LogP contribution in [0.2, 0.25) is 0 Å². The van der Waals surface area contributed by atoms with E-state index in [0.717, 1.165) is 44.2 Å². The van der Waals surface area contributed by atoms with Crippen molar-refractivity contribution in [2.75, 3.05) is 6.54 Å². The van der Waals surface area contributed by atoms with Gasteiger partial charge in [0.25, 0.3) is 0 Å². The average Bonchev–Trinajstić information content (AvgIpc) is 2.74. The van der Waals surface area contributed by atoms with Gasteiger partial charge in [0, 0.05) is 46.9 Å². The standard InChI is InChI=1S/C22H26N2O/c1-4-8-18-17(15-25)11-12-21-22(18)19-9-6-5-7-10-20(19)24(21)14-13-23-16(2)3/h6,9,11-12,15-16,23H,4,8,10,13-14H2,1-3H3. The van der Waals surface area contributed by atoms with Crippen molar-refractivity contribution in [3.63, 3.8) is 0 Å². The topological polar surface area (TPSA) is 34.0 Å². The predicted octanol–water partition coefficient (Wildman–Crippen LogP) is 3.98. The minimum Gasteiger partial charge on any atom is -0.342 e. The molecule has 0 aliphatic heterocycles. The van der Waals surface area contributed by atoms with Gasteiger partial charge in [-0.05, 0) is 36.3 Å². The fourth-order valence-corrected chi connectivity index (χ4v) is 3.65. The second-order valence-electron chi connectivity index (χ2n) is 6.85. The maximum absolute atomic E-state index is 11.6. The van der Waals surface area contributed by atoms with E-state index in [0.29, 0.717) is 6.04 Å². The normalized spacial score (nSPS) is 12.8. The van der Waals surface area contributed by atoms with Gasteiger partial charge >= 0.3 is 0 Å². The van der Waals surface area contributed by atoms with E-state index < -0.39 is 0 Å². The number of aromatic nitrogens is 1. The molecule has 0 unspecified atom stereocenters. The molecule has 0 amide bonds. The Hall–Kier alpha value is -2.31. The van der Waals surface area contributed by atoms with Crippen molar-refractivity contribution in [3.05, 3.63) is 40.6 Å². The van der Waals surface area contributed by atoms with Gasteiger partial charge in [-0.25, -0.2) is 0 Å². The highest BCUT2D eigenvalue weighted by molar-refractivity contribution is 5.99. The highest BCUT2D eigenvalue weighted by Gasteiger charge is 2.19. The first-order chi connectivity index (χ1) is 12.2. The lowest BCUT2D eigenvalue weighted by Gasteiger charge is -2.13. The Morgan fingerprint density at radius 1 is 1.36 bits per heavy atom. The molecule has 0 fully saturated rings. The second-order valence-corrected chi connectivity index (χ2v) is 6.85. The van der Waals surface area contributed by atoms with Gasteiger partial charge in [0.1, 0.15) is 6.29 Å². The first-order valence-electron chi connectivity index (χ1n) is 9.17. The van der Waals surface area contributed by atoms with Crippen molar-refractivity contribution < 1.29 is 4.79 Å². The van der Waals surface area contributed by atoms with E-state index >= 15 is 0 Å². The monoisotopic (exact) mass is 334 g/mol. The fourth-order valence-electron chi connectivity index (χ4n) is 3.65. The van der Waals surface area contributed by atoms with Crippen LogP contribution in [0.3, 0.4) is 0 Å². The summed E-state index contributed by atoms with van der Waals surface area (Å²) in [6, 6.07) is 4.54.